The Balaban J connectivity index is 2.72. The minimum absolute atomic E-state index is 0.0585. The van der Waals surface area contributed by atoms with Crippen molar-refractivity contribution in [1.29, 1.82) is 0 Å². The molecule has 0 saturated carbocycles. The number of imide groups is 1. The van der Waals surface area contributed by atoms with E-state index in [2.05, 4.69) is 0 Å². The quantitative estimate of drug-likeness (QED) is 0.762. The Kier molecular flexibility index (Phi) is 4.45. The van der Waals surface area contributed by atoms with E-state index in [-0.39, 0.29) is 6.42 Å². The highest BCUT2D eigenvalue weighted by Gasteiger charge is 2.20. The van der Waals surface area contributed by atoms with E-state index in [1.165, 1.54) is 0 Å². The molecule has 2 amide bonds. The number of carbonyl (C=O) groups is 3. The molecule has 0 fully saturated rings. The molecule has 0 aliphatic carbocycles. The molecule has 0 bridgehead atoms. The highest BCUT2D eigenvalue weighted by atomic mass is 16.4. The summed E-state index contributed by atoms with van der Waals surface area (Å²) in [6, 6.07) is 8.69. The summed E-state index contributed by atoms with van der Waals surface area (Å²) >= 11 is 0. The van der Waals surface area contributed by atoms with Gasteiger partial charge in [-0.3, -0.25) is 19.3 Å². The van der Waals surface area contributed by atoms with Crippen LogP contribution in [0.1, 0.15) is 5.56 Å². The first-order valence-electron chi connectivity index (χ1n) is 4.86. The molecule has 0 aromatic heterocycles. The second kappa shape index (κ2) is 5.84. The molecule has 0 aliphatic rings. The third-order valence-electron chi connectivity index (χ3n) is 2.06. The topological polar surface area (TPSA) is 74.7 Å². The van der Waals surface area contributed by atoms with Crippen molar-refractivity contribution in [2.45, 2.75) is 6.42 Å². The molecule has 6 heteroatoms. The molecule has 1 aromatic carbocycles. The standard InChI is InChI=1S/C11H10BNO4/c12-11(17)13(7-10(15)16)9(14)6-8-4-2-1-3-5-8/h1-5H,6-7H2,(H,15,16). The van der Waals surface area contributed by atoms with E-state index in [9.17, 15) is 14.4 Å². The second-order valence-corrected chi connectivity index (χ2v) is 3.37. The predicted molar refractivity (Wildman–Crippen MR) is 60.6 cm³/mol. The maximum absolute atomic E-state index is 11.7. The van der Waals surface area contributed by atoms with Gasteiger partial charge in [0.15, 0.2) is 5.81 Å². The molecule has 1 rings (SSSR count). The van der Waals surface area contributed by atoms with E-state index in [0.717, 1.165) is 0 Å². The van der Waals surface area contributed by atoms with Gasteiger partial charge < -0.3 is 5.11 Å². The summed E-state index contributed by atoms with van der Waals surface area (Å²) in [6.45, 7) is -0.721. The Morgan fingerprint density at radius 3 is 2.24 bits per heavy atom. The number of hydrogen-bond acceptors (Lipinski definition) is 3. The van der Waals surface area contributed by atoms with Crippen LogP contribution in [0.15, 0.2) is 30.3 Å². The van der Waals surface area contributed by atoms with Crippen LogP contribution in [0.4, 0.5) is 4.79 Å². The molecule has 0 heterocycles. The van der Waals surface area contributed by atoms with Crippen molar-refractivity contribution >= 4 is 25.5 Å². The lowest BCUT2D eigenvalue weighted by Crippen LogP contribution is -2.40. The summed E-state index contributed by atoms with van der Waals surface area (Å²) in [5.41, 5.74) is 0.689. The summed E-state index contributed by atoms with van der Waals surface area (Å²) in [5.74, 6) is -2.98. The van der Waals surface area contributed by atoms with E-state index in [0.29, 0.717) is 10.5 Å². The van der Waals surface area contributed by atoms with Gasteiger partial charge in [-0.25, -0.2) is 0 Å². The van der Waals surface area contributed by atoms with Crippen molar-refractivity contribution in [3.63, 3.8) is 0 Å². The van der Waals surface area contributed by atoms with Crippen LogP contribution in [0.3, 0.4) is 0 Å². The van der Waals surface area contributed by atoms with Crippen LogP contribution in [0.25, 0.3) is 0 Å². The molecule has 5 nitrogen and oxygen atoms in total. The van der Waals surface area contributed by atoms with Gasteiger partial charge in [0.2, 0.25) is 13.8 Å². The minimum atomic E-state index is -1.29. The van der Waals surface area contributed by atoms with Gasteiger partial charge in [0.25, 0.3) is 0 Å². The summed E-state index contributed by atoms with van der Waals surface area (Å²) < 4.78 is 0. The number of carbonyl (C=O) groups excluding carboxylic acids is 2. The maximum Gasteiger partial charge on any atom is 0.323 e. The lowest BCUT2D eigenvalue weighted by molar-refractivity contribution is -0.141. The number of hydrogen-bond donors (Lipinski definition) is 1. The molecular formula is C11H10BNO4. The smallest absolute Gasteiger partial charge is 0.323 e. The third kappa shape index (κ3) is 4.10. The van der Waals surface area contributed by atoms with E-state index < -0.39 is 24.2 Å². The molecule has 1 N–H and O–H groups in total. The highest BCUT2D eigenvalue weighted by Crippen LogP contribution is 2.03. The number of rotatable bonds is 4. The molecule has 0 spiro atoms. The number of carboxylic acids is 1. The SMILES string of the molecule is [B]C(=O)N(CC(=O)O)C(=O)Cc1ccccc1. The van der Waals surface area contributed by atoms with Crippen LogP contribution in [0.2, 0.25) is 0 Å². The summed E-state index contributed by atoms with van der Waals surface area (Å²) in [5, 5.41) is 8.55. The Labute approximate surface area is 99.4 Å². The van der Waals surface area contributed by atoms with Crippen LogP contribution in [0.5, 0.6) is 0 Å². The minimum Gasteiger partial charge on any atom is -0.480 e. The molecular weight excluding hydrogens is 221 g/mol. The van der Waals surface area contributed by atoms with Gasteiger partial charge in [-0.2, -0.15) is 0 Å². The van der Waals surface area contributed by atoms with Gasteiger partial charge in [0.1, 0.15) is 6.54 Å². The van der Waals surface area contributed by atoms with Crippen molar-refractivity contribution in [1.82, 2.24) is 4.90 Å². The highest BCUT2D eigenvalue weighted by molar-refractivity contribution is 6.58. The number of aliphatic carboxylic acids is 1. The van der Waals surface area contributed by atoms with Crippen molar-refractivity contribution in [3.8, 4) is 0 Å². The molecule has 1 aromatic rings. The summed E-state index contributed by atoms with van der Waals surface area (Å²) in [4.78, 5) is 33.6. The molecule has 0 atom stereocenters. The lowest BCUT2D eigenvalue weighted by Gasteiger charge is -2.17. The Morgan fingerprint density at radius 1 is 1.18 bits per heavy atom. The predicted octanol–water partition coefficient (Wildman–Crippen LogP) is 0.431. The number of nitrogens with zero attached hydrogens (tertiary/aromatic N) is 1. The number of amides is 2. The summed E-state index contributed by atoms with van der Waals surface area (Å²) in [7, 11) is 4.94. The van der Waals surface area contributed by atoms with Gasteiger partial charge in [-0.15, -0.1) is 0 Å². The monoisotopic (exact) mass is 231 g/mol. The first-order chi connectivity index (χ1) is 8.00. The Hall–Kier alpha value is -2.11. The normalized spacial score (nSPS) is 9.65. The fourth-order valence-corrected chi connectivity index (χ4v) is 1.29. The zero-order valence-electron chi connectivity index (χ0n) is 9.00. The van der Waals surface area contributed by atoms with Crippen molar-refractivity contribution in [2.75, 3.05) is 6.54 Å². The summed E-state index contributed by atoms with van der Waals surface area (Å²) in [6.07, 6.45) is -0.0585. The van der Waals surface area contributed by atoms with Crippen LogP contribution in [0, 0.1) is 0 Å². The van der Waals surface area contributed by atoms with Gasteiger partial charge in [0, 0.05) is 0 Å². The van der Waals surface area contributed by atoms with E-state index in [4.69, 9.17) is 13.0 Å². The van der Waals surface area contributed by atoms with Gasteiger partial charge in [0.05, 0.1) is 6.42 Å². The molecule has 0 unspecified atom stereocenters. The van der Waals surface area contributed by atoms with Crippen LogP contribution in [-0.2, 0) is 16.0 Å². The Morgan fingerprint density at radius 2 is 1.76 bits per heavy atom. The molecule has 2 radical (unpaired) electrons. The zero-order valence-corrected chi connectivity index (χ0v) is 9.00. The first kappa shape index (κ1) is 13.0. The van der Waals surface area contributed by atoms with Crippen molar-refractivity contribution in [3.05, 3.63) is 35.9 Å². The second-order valence-electron chi connectivity index (χ2n) is 3.37. The third-order valence-corrected chi connectivity index (χ3v) is 2.06. The van der Waals surface area contributed by atoms with E-state index >= 15 is 0 Å². The number of carboxylic acid groups (broad SMARTS) is 1. The average molecular weight is 231 g/mol. The molecule has 86 valence electrons. The maximum atomic E-state index is 11.7. The lowest BCUT2D eigenvalue weighted by atomic mass is 10.1. The molecule has 0 saturated heterocycles. The zero-order chi connectivity index (χ0) is 12.8. The largest absolute Gasteiger partial charge is 0.480 e. The fourth-order valence-electron chi connectivity index (χ4n) is 1.29. The fraction of sp³-hybridized carbons (Fsp3) is 0.182. The molecule has 0 aliphatic heterocycles. The van der Waals surface area contributed by atoms with Crippen LogP contribution in [-0.4, -0.2) is 42.1 Å². The van der Waals surface area contributed by atoms with Crippen LogP contribution < -0.4 is 0 Å². The average Bonchev–Trinajstić information content (AvgIpc) is 2.26. The van der Waals surface area contributed by atoms with E-state index in [1.54, 1.807) is 30.3 Å². The van der Waals surface area contributed by atoms with Crippen molar-refractivity contribution in [2.24, 2.45) is 0 Å². The first-order valence-corrected chi connectivity index (χ1v) is 4.86. The van der Waals surface area contributed by atoms with Gasteiger partial charge in [-0.1, -0.05) is 30.3 Å². The van der Waals surface area contributed by atoms with Crippen molar-refractivity contribution < 1.29 is 19.5 Å². The van der Waals surface area contributed by atoms with Gasteiger partial charge >= 0.3 is 5.97 Å². The number of benzene rings is 1. The van der Waals surface area contributed by atoms with Gasteiger partial charge in [-0.05, 0) is 5.56 Å². The van der Waals surface area contributed by atoms with Crippen LogP contribution >= 0.6 is 0 Å². The Bertz CT molecular complexity index is 432. The van der Waals surface area contributed by atoms with E-state index in [1.807, 2.05) is 0 Å². The molecule has 17 heavy (non-hydrogen) atoms.